The average molecular weight is 172 g/mol. The minimum Gasteiger partial charge on any atom is -0.379 e. The number of rotatable bonds is 1. The SMILES string of the molecule is CCC.COC1(C)CCCCC1. The van der Waals surface area contributed by atoms with E-state index in [9.17, 15) is 0 Å². The van der Waals surface area contributed by atoms with Crippen molar-refractivity contribution in [3.63, 3.8) is 0 Å². The van der Waals surface area contributed by atoms with Gasteiger partial charge in [-0.15, -0.1) is 0 Å². The second kappa shape index (κ2) is 6.47. The van der Waals surface area contributed by atoms with E-state index in [4.69, 9.17) is 4.74 Å². The topological polar surface area (TPSA) is 9.23 Å². The minimum absolute atomic E-state index is 0.220. The van der Waals surface area contributed by atoms with E-state index in [-0.39, 0.29) is 5.60 Å². The van der Waals surface area contributed by atoms with Crippen molar-refractivity contribution >= 4 is 0 Å². The highest BCUT2D eigenvalue weighted by molar-refractivity contribution is 4.78. The Bertz CT molecular complexity index is 93.2. The van der Waals surface area contributed by atoms with E-state index in [1.807, 2.05) is 7.11 Å². The predicted molar refractivity (Wildman–Crippen MR) is 54.5 cm³/mol. The maximum absolute atomic E-state index is 5.38. The minimum atomic E-state index is 0.220. The molecule has 1 nitrogen and oxygen atoms in total. The zero-order valence-corrected chi connectivity index (χ0v) is 9.15. The van der Waals surface area contributed by atoms with Crippen molar-refractivity contribution in [2.75, 3.05) is 7.11 Å². The van der Waals surface area contributed by atoms with Crippen LogP contribution in [0.3, 0.4) is 0 Å². The van der Waals surface area contributed by atoms with Gasteiger partial charge < -0.3 is 4.74 Å². The average Bonchev–Trinajstić information content (AvgIpc) is 2.07. The lowest BCUT2D eigenvalue weighted by Gasteiger charge is -2.31. The zero-order valence-electron chi connectivity index (χ0n) is 9.15. The third-order valence-electron chi connectivity index (χ3n) is 2.40. The van der Waals surface area contributed by atoms with Crippen LogP contribution in [0.5, 0.6) is 0 Å². The second-order valence-electron chi connectivity index (χ2n) is 3.92. The largest absolute Gasteiger partial charge is 0.379 e. The first kappa shape index (κ1) is 12.0. The Morgan fingerprint density at radius 1 is 1.08 bits per heavy atom. The maximum Gasteiger partial charge on any atom is 0.0650 e. The van der Waals surface area contributed by atoms with Crippen LogP contribution in [0.2, 0.25) is 0 Å². The van der Waals surface area contributed by atoms with Crippen LogP contribution < -0.4 is 0 Å². The van der Waals surface area contributed by atoms with Gasteiger partial charge in [-0.2, -0.15) is 0 Å². The van der Waals surface area contributed by atoms with Gasteiger partial charge in [-0.05, 0) is 19.8 Å². The molecule has 12 heavy (non-hydrogen) atoms. The fraction of sp³-hybridized carbons (Fsp3) is 1.00. The molecule has 0 aromatic heterocycles. The molecule has 0 aromatic rings. The number of hydrogen-bond donors (Lipinski definition) is 0. The maximum atomic E-state index is 5.38. The van der Waals surface area contributed by atoms with Crippen LogP contribution in [0.4, 0.5) is 0 Å². The summed E-state index contributed by atoms with van der Waals surface area (Å²) in [6.07, 6.45) is 7.86. The molecule has 1 aliphatic carbocycles. The van der Waals surface area contributed by atoms with Gasteiger partial charge in [0.1, 0.15) is 0 Å². The Morgan fingerprint density at radius 2 is 1.50 bits per heavy atom. The predicted octanol–water partition coefficient (Wildman–Crippen LogP) is 3.77. The molecule has 0 heterocycles. The van der Waals surface area contributed by atoms with E-state index < -0.39 is 0 Å². The summed E-state index contributed by atoms with van der Waals surface area (Å²) in [5.41, 5.74) is 0.220. The smallest absolute Gasteiger partial charge is 0.0650 e. The standard InChI is InChI=1S/C8H16O.C3H8/c1-8(9-2)6-4-3-5-7-8;1-3-2/h3-7H2,1-2H3;3H2,1-2H3. The van der Waals surface area contributed by atoms with Gasteiger partial charge in [0.15, 0.2) is 0 Å². The van der Waals surface area contributed by atoms with Gasteiger partial charge in [-0.25, -0.2) is 0 Å². The molecular weight excluding hydrogens is 148 g/mol. The van der Waals surface area contributed by atoms with Gasteiger partial charge in [0.2, 0.25) is 0 Å². The number of ether oxygens (including phenoxy) is 1. The fourth-order valence-electron chi connectivity index (χ4n) is 1.50. The lowest BCUT2D eigenvalue weighted by molar-refractivity contribution is -0.0231. The molecule has 1 rings (SSSR count). The first-order chi connectivity index (χ1) is 5.68. The molecule has 1 aliphatic rings. The monoisotopic (exact) mass is 172 g/mol. The molecule has 1 saturated carbocycles. The van der Waals surface area contributed by atoms with Crippen molar-refractivity contribution < 1.29 is 4.74 Å². The van der Waals surface area contributed by atoms with Crippen molar-refractivity contribution in [1.29, 1.82) is 0 Å². The third kappa shape index (κ3) is 4.76. The lowest BCUT2D eigenvalue weighted by Crippen LogP contribution is -2.29. The molecule has 0 radical (unpaired) electrons. The lowest BCUT2D eigenvalue weighted by atomic mass is 9.86. The highest BCUT2D eigenvalue weighted by Gasteiger charge is 2.25. The van der Waals surface area contributed by atoms with Crippen LogP contribution in [0.25, 0.3) is 0 Å². The fourth-order valence-corrected chi connectivity index (χ4v) is 1.50. The molecule has 0 aliphatic heterocycles. The summed E-state index contributed by atoms with van der Waals surface area (Å²) < 4.78 is 5.38. The Kier molecular flexibility index (Phi) is 6.45. The van der Waals surface area contributed by atoms with Gasteiger partial charge in [-0.3, -0.25) is 0 Å². The summed E-state index contributed by atoms with van der Waals surface area (Å²) in [5, 5.41) is 0. The molecule has 0 saturated heterocycles. The van der Waals surface area contributed by atoms with Crippen LogP contribution >= 0.6 is 0 Å². The second-order valence-corrected chi connectivity index (χ2v) is 3.92. The van der Waals surface area contributed by atoms with Gasteiger partial charge in [0.25, 0.3) is 0 Å². The van der Waals surface area contributed by atoms with E-state index in [0.29, 0.717) is 0 Å². The van der Waals surface area contributed by atoms with E-state index in [0.717, 1.165) is 0 Å². The first-order valence-corrected chi connectivity index (χ1v) is 5.23. The van der Waals surface area contributed by atoms with Crippen LogP contribution in [-0.4, -0.2) is 12.7 Å². The quantitative estimate of drug-likeness (QED) is 0.585. The number of methoxy groups -OCH3 is 1. The van der Waals surface area contributed by atoms with Crippen molar-refractivity contribution in [1.82, 2.24) is 0 Å². The van der Waals surface area contributed by atoms with Crippen molar-refractivity contribution in [2.45, 2.75) is 64.9 Å². The zero-order chi connectivity index (χ0) is 9.45. The Labute approximate surface area is 77.5 Å². The van der Waals surface area contributed by atoms with E-state index in [1.165, 1.54) is 38.5 Å². The summed E-state index contributed by atoms with van der Waals surface area (Å²) in [6.45, 7) is 6.46. The molecule has 1 heteroatoms. The Morgan fingerprint density at radius 3 is 1.75 bits per heavy atom. The summed E-state index contributed by atoms with van der Waals surface area (Å²) in [5.74, 6) is 0. The normalized spacial score (nSPS) is 21.0. The number of hydrogen-bond acceptors (Lipinski definition) is 1. The molecule has 1 fully saturated rings. The van der Waals surface area contributed by atoms with E-state index in [2.05, 4.69) is 20.8 Å². The Hall–Kier alpha value is -0.0400. The molecule has 0 N–H and O–H groups in total. The molecule has 0 amide bonds. The summed E-state index contributed by atoms with van der Waals surface area (Å²) in [7, 11) is 1.82. The van der Waals surface area contributed by atoms with Crippen LogP contribution in [-0.2, 0) is 4.74 Å². The molecular formula is C11H24O. The molecule has 0 bridgehead atoms. The molecule has 0 unspecified atom stereocenters. The Balaban J connectivity index is 0.000000354. The van der Waals surface area contributed by atoms with Gasteiger partial charge >= 0.3 is 0 Å². The van der Waals surface area contributed by atoms with Gasteiger partial charge in [0, 0.05) is 7.11 Å². The molecule has 0 atom stereocenters. The van der Waals surface area contributed by atoms with Gasteiger partial charge in [0.05, 0.1) is 5.60 Å². The van der Waals surface area contributed by atoms with Crippen LogP contribution in [0, 0.1) is 0 Å². The van der Waals surface area contributed by atoms with Gasteiger partial charge in [-0.1, -0.05) is 39.5 Å². The molecule has 0 spiro atoms. The van der Waals surface area contributed by atoms with Crippen molar-refractivity contribution in [3.05, 3.63) is 0 Å². The van der Waals surface area contributed by atoms with E-state index >= 15 is 0 Å². The third-order valence-corrected chi connectivity index (χ3v) is 2.40. The van der Waals surface area contributed by atoms with Crippen LogP contribution in [0.1, 0.15) is 59.3 Å². The molecule has 74 valence electrons. The van der Waals surface area contributed by atoms with Crippen LogP contribution in [0.15, 0.2) is 0 Å². The van der Waals surface area contributed by atoms with Crippen molar-refractivity contribution in [3.8, 4) is 0 Å². The molecule has 0 aromatic carbocycles. The van der Waals surface area contributed by atoms with E-state index in [1.54, 1.807) is 0 Å². The van der Waals surface area contributed by atoms with Crippen molar-refractivity contribution in [2.24, 2.45) is 0 Å². The highest BCUT2D eigenvalue weighted by Crippen LogP contribution is 2.29. The highest BCUT2D eigenvalue weighted by atomic mass is 16.5. The summed E-state index contributed by atoms with van der Waals surface area (Å²) >= 11 is 0. The summed E-state index contributed by atoms with van der Waals surface area (Å²) in [4.78, 5) is 0. The summed E-state index contributed by atoms with van der Waals surface area (Å²) in [6, 6.07) is 0. The first-order valence-electron chi connectivity index (χ1n) is 5.23.